The van der Waals surface area contributed by atoms with Gasteiger partial charge in [0.15, 0.2) is 11.6 Å². The van der Waals surface area contributed by atoms with Crippen molar-refractivity contribution in [2.75, 3.05) is 5.73 Å². The van der Waals surface area contributed by atoms with E-state index in [-0.39, 0.29) is 11.1 Å². The van der Waals surface area contributed by atoms with Crippen LogP contribution in [0.1, 0.15) is 0 Å². The Hall–Kier alpha value is -2.08. The lowest BCUT2D eigenvalue weighted by atomic mass is 10.3. The number of anilines is 1. The van der Waals surface area contributed by atoms with E-state index in [0.717, 1.165) is 5.52 Å². The Morgan fingerprint density at radius 2 is 2.10 bits per heavy atom. The average Bonchev–Trinajstić information content (AvgIpc) is 2.95. The van der Waals surface area contributed by atoms with Crippen LogP contribution in [0.25, 0.3) is 22.6 Å². The summed E-state index contributed by atoms with van der Waals surface area (Å²) in [5.41, 5.74) is 7.67. The molecule has 0 aliphatic rings. The molecule has 0 amide bonds. The van der Waals surface area contributed by atoms with Gasteiger partial charge in [-0.3, -0.25) is 4.57 Å². The van der Waals surface area contributed by atoms with E-state index in [4.69, 9.17) is 10.2 Å². The van der Waals surface area contributed by atoms with E-state index in [1.165, 1.54) is 12.3 Å². The molecule has 0 radical (unpaired) electrons. The number of fused-ring (bicyclic) bond motifs is 1. The van der Waals surface area contributed by atoms with E-state index in [0.29, 0.717) is 17.0 Å². The van der Waals surface area contributed by atoms with Gasteiger partial charge < -0.3 is 24.5 Å². The zero-order valence-electron chi connectivity index (χ0n) is 10.5. The van der Waals surface area contributed by atoms with Gasteiger partial charge in [-0.15, -0.1) is 0 Å². The van der Waals surface area contributed by atoms with Crippen molar-refractivity contribution < 1.29 is 18.8 Å². The first-order valence-electron chi connectivity index (χ1n) is 5.74. The largest absolute Gasteiger partial charge is 0.460 e. The molecule has 0 fully saturated rings. The van der Waals surface area contributed by atoms with Crippen LogP contribution in [0.2, 0.25) is 0 Å². The fourth-order valence-electron chi connectivity index (χ4n) is 2.14. The third-order valence-corrected chi connectivity index (χ3v) is 4.08. The van der Waals surface area contributed by atoms with Crippen molar-refractivity contribution in [3.8, 4) is 11.6 Å². The number of para-hydroxylation sites is 1. The first kappa shape index (κ1) is 12.9. The maximum Gasteiger partial charge on any atom is 0.360 e. The zero-order chi connectivity index (χ0) is 14.5. The van der Waals surface area contributed by atoms with E-state index in [1.54, 1.807) is 23.7 Å². The van der Waals surface area contributed by atoms with Crippen molar-refractivity contribution in [1.29, 1.82) is 0 Å². The van der Waals surface area contributed by atoms with E-state index < -0.39 is 7.60 Å². The van der Waals surface area contributed by atoms with Crippen LogP contribution in [0.4, 0.5) is 5.69 Å². The van der Waals surface area contributed by atoms with Gasteiger partial charge in [-0.2, -0.15) is 0 Å². The molecule has 8 heteroatoms. The normalized spacial score (nSPS) is 12.2. The number of aromatic nitrogens is 2. The van der Waals surface area contributed by atoms with Gasteiger partial charge in [0, 0.05) is 7.05 Å². The number of nitrogens with zero attached hydrogens (tertiary/aromatic N) is 2. The zero-order valence-corrected chi connectivity index (χ0v) is 11.4. The van der Waals surface area contributed by atoms with Crippen molar-refractivity contribution in [3.63, 3.8) is 0 Å². The van der Waals surface area contributed by atoms with Crippen molar-refractivity contribution in [2.45, 2.75) is 0 Å². The third-order valence-electron chi connectivity index (χ3n) is 3.10. The average molecular weight is 293 g/mol. The fraction of sp³-hybridized carbons (Fsp3) is 0.0833. The smallest absolute Gasteiger partial charge is 0.360 e. The molecule has 0 aliphatic heterocycles. The molecule has 4 N–H and O–H groups in total. The Kier molecular flexibility index (Phi) is 2.72. The van der Waals surface area contributed by atoms with E-state index in [1.807, 2.05) is 6.07 Å². The van der Waals surface area contributed by atoms with Gasteiger partial charge in [-0.05, 0) is 18.2 Å². The van der Waals surface area contributed by atoms with E-state index in [2.05, 4.69) is 4.98 Å². The van der Waals surface area contributed by atoms with Gasteiger partial charge in [-0.1, -0.05) is 6.07 Å². The predicted molar refractivity (Wildman–Crippen MR) is 74.5 cm³/mol. The van der Waals surface area contributed by atoms with Crippen molar-refractivity contribution in [2.24, 2.45) is 7.05 Å². The van der Waals surface area contributed by atoms with E-state index in [9.17, 15) is 14.4 Å². The molecule has 0 atom stereocenters. The summed E-state index contributed by atoms with van der Waals surface area (Å²) in [7, 11) is -2.69. The quantitative estimate of drug-likeness (QED) is 0.483. The van der Waals surface area contributed by atoms with E-state index >= 15 is 0 Å². The highest BCUT2D eigenvalue weighted by Gasteiger charge is 2.28. The number of hydrogen-bond acceptors (Lipinski definition) is 4. The second-order valence-corrected chi connectivity index (χ2v) is 5.96. The highest BCUT2D eigenvalue weighted by molar-refractivity contribution is 7.60. The van der Waals surface area contributed by atoms with Gasteiger partial charge in [0.05, 0.1) is 17.5 Å². The Labute approximate surface area is 113 Å². The molecule has 1 aromatic carbocycles. The van der Waals surface area contributed by atoms with Gasteiger partial charge in [-0.25, -0.2) is 4.98 Å². The summed E-state index contributed by atoms with van der Waals surface area (Å²) < 4.78 is 18.3. The minimum atomic E-state index is -4.43. The summed E-state index contributed by atoms with van der Waals surface area (Å²) in [6.45, 7) is 0. The van der Waals surface area contributed by atoms with Crippen LogP contribution in [-0.2, 0) is 11.6 Å². The molecule has 0 unspecified atom stereocenters. The second kappa shape index (κ2) is 4.21. The molecule has 104 valence electrons. The lowest BCUT2D eigenvalue weighted by molar-refractivity contribution is 0.387. The Balaban J connectivity index is 2.32. The minimum absolute atomic E-state index is 0.0523. The van der Waals surface area contributed by atoms with Gasteiger partial charge in [0.1, 0.15) is 10.8 Å². The topological polar surface area (TPSA) is 115 Å². The fourth-order valence-corrected chi connectivity index (χ4v) is 2.81. The SMILES string of the molecule is Cn1c(-c2occc2P(=O)(O)O)nc2c(N)cccc21. The minimum Gasteiger partial charge on any atom is -0.460 e. The number of rotatable bonds is 2. The molecule has 2 heterocycles. The lowest BCUT2D eigenvalue weighted by Gasteiger charge is -2.04. The maximum atomic E-state index is 11.5. The summed E-state index contributed by atoms with van der Waals surface area (Å²) in [6.07, 6.45) is 1.23. The molecule has 0 bridgehead atoms. The molecule has 3 aromatic rings. The third kappa shape index (κ3) is 1.84. The Bertz CT molecular complexity index is 846. The van der Waals surface area contributed by atoms with Crippen LogP contribution in [0.15, 0.2) is 34.9 Å². The molecular formula is C12H12N3O4P. The van der Waals surface area contributed by atoms with Crippen LogP contribution in [-0.4, -0.2) is 19.3 Å². The number of hydrogen-bond donors (Lipinski definition) is 3. The van der Waals surface area contributed by atoms with Crippen molar-refractivity contribution >= 4 is 29.6 Å². The number of nitrogens with two attached hydrogens (primary N) is 1. The number of nitrogen functional groups attached to an aromatic ring is 1. The predicted octanol–water partition coefficient (Wildman–Crippen LogP) is 1.22. The molecule has 20 heavy (non-hydrogen) atoms. The molecule has 0 aliphatic carbocycles. The van der Waals surface area contributed by atoms with Gasteiger partial charge >= 0.3 is 7.60 Å². The number of aryl methyl sites for hydroxylation is 1. The number of benzene rings is 1. The van der Waals surface area contributed by atoms with Crippen LogP contribution < -0.4 is 11.0 Å². The maximum absolute atomic E-state index is 11.5. The summed E-state index contributed by atoms with van der Waals surface area (Å²) in [5.74, 6) is 0.373. The molecular weight excluding hydrogens is 281 g/mol. The summed E-state index contributed by atoms with van der Waals surface area (Å²) in [4.78, 5) is 23.0. The molecule has 0 saturated carbocycles. The number of imidazole rings is 1. The first-order valence-corrected chi connectivity index (χ1v) is 7.35. The van der Waals surface area contributed by atoms with Crippen molar-refractivity contribution in [1.82, 2.24) is 9.55 Å². The summed E-state index contributed by atoms with van der Waals surface area (Å²) in [5, 5.41) is -0.186. The molecule has 2 aromatic heterocycles. The molecule has 7 nitrogen and oxygen atoms in total. The Morgan fingerprint density at radius 1 is 1.35 bits per heavy atom. The summed E-state index contributed by atoms with van der Waals surface area (Å²) in [6, 6.07) is 6.57. The van der Waals surface area contributed by atoms with Crippen LogP contribution in [0, 0.1) is 0 Å². The van der Waals surface area contributed by atoms with Crippen LogP contribution >= 0.6 is 7.60 Å². The van der Waals surface area contributed by atoms with Gasteiger partial charge in [0.2, 0.25) is 0 Å². The summed E-state index contributed by atoms with van der Waals surface area (Å²) >= 11 is 0. The monoisotopic (exact) mass is 293 g/mol. The highest BCUT2D eigenvalue weighted by Crippen LogP contribution is 2.38. The van der Waals surface area contributed by atoms with Crippen LogP contribution in [0.5, 0.6) is 0 Å². The van der Waals surface area contributed by atoms with Crippen LogP contribution in [0.3, 0.4) is 0 Å². The standard InChI is InChI=1S/C12H12N3O4P/c1-15-8-4-2-3-7(13)10(8)14-12(15)11-9(5-6-19-11)20(16,17)18/h2-6H,13H2,1H3,(H2,16,17,18). The molecule has 0 spiro atoms. The first-order chi connectivity index (χ1) is 9.39. The van der Waals surface area contributed by atoms with Gasteiger partial charge in [0.25, 0.3) is 0 Å². The number of furan rings is 1. The molecule has 0 saturated heterocycles. The highest BCUT2D eigenvalue weighted by atomic mass is 31.2. The second-order valence-electron chi connectivity index (χ2n) is 4.39. The molecule has 3 rings (SSSR count). The Morgan fingerprint density at radius 3 is 2.75 bits per heavy atom. The van der Waals surface area contributed by atoms with Crippen molar-refractivity contribution in [3.05, 3.63) is 30.5 Å². The lowest BCUT2D eigenvalue weighted by Crippen LogP contribution is -2.06.